The molecule has 0 aromatic carbocycles. The molecule has 1 rings (SSSR count). The zero-order valence-corrected chi connectivity index (χ0v) is 11.7. The van der Waals surface area contributed by atoms with Gasteiger partial charge in [0, 0.05) is 25.4 Å². The molecule has 2 N–H and O–H groups in total. The third kappa shape index (κ3) is 5.26. The van der Waals surface area contributed by atoms with Crippen LogP contribution in [-0.2, 0) is 0 Å². The Hall–Kier alpha value is -0.970. The highest BCUT2D eigenvalue weighted by molar-refractivity contribution is 7.98. The molecule has 0 saturated heterocycles. The highest BCUT2D eigenvalue weighted by Gasteiger charge is 2.01. The Morgan fingerprint density at radius 3 is 2.82 bits per heavy atom. The monoisotopic (exact) mass is 254 g/mol. The van der Waals surface area contributed by atoms with Crippen molar-refractivity contribution in [1.29, 1.82) is 0 Å². The van der Waals surface area contributed by atoms with Crippen molar-refractivity contribution in [3.8, 4) is 0 Å². The van der Waals surface area contributed by atoms with Gasteiger partial charge in [-0.05, 0) is 31.8 Å². The molecular weight excluding hydrogens is 232 g/mol. The van der Waals surface area contributed by atoms with Crippen molar-refractivity contribution in [2.75, 3.05) is 36.2 Å². The van der Waals surface area contributed by atoms with Crippen LogP contribution in [0.4, 0.5) is 11.8 Å². The lowest BCUT2D eigenvalue weighted by Crippen LogP contribution is -2.07. The van der Waals surface area contributed by atoms with Crippen LogP contribution in [0.1, 0.15) is 24.8 Å². The first-order valence-electron chi connectivity index (χ1n) is 6.02. The lowest BCUT2D eigenvalue weighted by atomic mass is 10.2. The fraction of sp³-hybridized carbons (Fsp3) is 0.667. The number of unbranched alkanes of at least 4 members (excludes halogenated alkanes) is 2. The van der Waals surface area contributed by atoms with Crippen LogP contribution in [0, 0.1) is 6.92 Å². The summed E-state index contributed by atoms with van der Waals surface area (Å²) < 4.78 is 0. The molecule has 0 spiro atoms. The number of rotatable bonds is 8. The molecule has 1 heterocycles. The van der Waals surface area contributed by atoms with Crippen LogP contribution in [0.3, 0.4) is 0 Å². The molecule has 0 aliphatic rings. The second kappa shape index (κ2) is 8.17. The van der Waals surface area contributed by atoms with E-state index in [0.717, 1.165) is 17.9 Å². The Morgan fingerprint density at radius 2 is 2.12 bits per heavy atom. The molecule has 0 atom stereocenters. The summed E-state index contributed by atoms with van der Waals surface area (Å²) >= 11 is 1.91. The van der Waals surface area contributed by atoms with E-state index in [0.29, 0.717) is 5.95 Å². The van der Waals surface area contributed by atoms with Gasteiger partial charge in [0.15, 0.2) is 0 Å². The Morgan fingerprint density at radius 1 is 1.29 bits per heavy atom. The van der Waals surface area contributed by atoms with Crippen molar-refractivity contribution >= 4 is 23.5 Å². The summed E-state index contributed by atoms with van der Waals surface area (Å²) in [4.78, 5) is 8.55. The fourth-order valence-corrected chi connectivity index (χ4v) is 1.99. The maximum absolute atomic E-state index is 4.39. The zero-order chi connectivity index (χ0) is 12.5. The van der Waals surface area contributed by atoms with Gasteiger partial charge in [-0.3, -0.25) is 0 Å². The number of nitrogens with one attached hydrogen (secondary N) is 2. The number of anilines is 2. The molecule has 0 unspecified atom stereocenters. The number of nitrogens with zero attached hydrogens (tertiary/aromatic N) is 2. The summed E-state index contributed by atoms with van der Waals surface area (Å²) in [7, 11) is 1.83. The fourth-order valence-electron chi connectivity index (χ4n) is 1.50. The number of aromatic nitrogens is 2. The minimum Gasteiger partial charge on any atom is -0.370 e. The van der Waals surface area contributed by atoms with E-state index in [2.05, 4.69) is 26.9 Å². The van der Waals surface area contributed by atoms with Gasteiger partial charge in [0.25, 0.3) is 0 Å². The molecule has 1 aromatic rings. The van der Waals surface area contributed by atoms with E-state index in [1.165, 1.54) is 25.0 Å². The van der Waals surface area contributed by atoms with Gasteiger partial charge in [0.2, 0.25) is 5.95 Å². The summed E-state index contributed by atoms with van der Waals surface area (Å²) in [5.41, 5.74) is 1.09. The third-order valence-corrected chi connectivity index (χ3v) is 3.21. The predicted molar refractivity (Wildman–Crippen MR) is 77.0 cm³/mol. The smallest absolute Gasteiger partial charge is 0.224 e. The number of aryl methyl sites for hydroxylation is 1. The first-order chi connectivity index (χ1) is 8.27. The van der Waals surface area contributed by atoms with Gasteiger partial charge >= 0.3 is 0 Å². The lowest BCUT2D eigenvalue weighted by molar-refractivity contribution is 0.747. The number of hydrogen-bond acceptors (Lipinski definition) is 5. The number of thioether (sulfide) groups is 1. The van der Waals surface area contributed by atoms with Crippen molar-refractivity contribution < 1.29 is 0 Å². The van der Waals surface area contributed by atoms with E-state index in [1.807, 2.05) is 31.9 Å². The topological polar surface area (TPSA) is 49.8 Å². The summed E-state index contributed by atoms with van der Waals surface area (Å²) in [6.45, 7) is 3.00. The van der Waals surface area contributed by atoms with E-state index in [4.69, 9.17) is 0 Å². The Bertz CT molecular complexity index is 330. The Labute approximate surface area is 108 Å². The van der Waals surface area contributed by atoms with Gasteiger partial charge in [-0.2, -0.15) is 16.7 Å². The molecule has 96 valence electrons. The lowest BCUT2D eigenvalue weighted by Gasteiger charge is -2.09. The first-order valence-corrected chi connectivity index (χ1v) is 7.41. The Balaban J connectivity index is 2.30. The highest BCUT2D eigenvalue weighted by Crippen LogP contribution is 2.12. The van der Waals surface area contributed by atoms with Crippen LogP contribution in [0.5, 0.6) is 0 Å². The summed E-state index contributed by atoms with van der Waals surface area (Å²) in [6, 6.07) is 0. The second-order valence-electron chi connectivity index (χ2n) is 3.96. The molecule has 0 radical (unpaired) electrons. The average Bonchev–Trinajstić information content (AvgIpc) is 2.35. The largest absolute Gasteiger partial charge is 0.370 e. The normalized spacial score (nSPS) is 10.3. The van der Waals surface area contributed by atoms with Crippen molar-refractivity contribution in [3.63, 3.8) is 0 Å². The van der Waals surface area contributed by atoms with Crippen molar-refractivity contribution in [1.82, 2.24) is 9.97 Å². The zero-order valence-electron chi connectivity index (χ0n) is 10.9. The van der Waals surface area contributed by atoms with Crippen LogP contribution in [0.25, 0.3) is 0 Å². The molecule has 17 heavy (non-hydrogen) atoms. The van der Waals surface area contributed by atoms with Crippen LogP contribution >= 0.6 is 11.8 Å². The van der Waals surface area contributed by atoms with Crippen LogP contribution in [0.15, 0.2) is 6.20 Å². The molecule has 0 bridgehead atoms. The van der Waals surface area contributed by atoms with E-state index in [1.54, 1.807) is 0 Å². The second-order valence-corrected chi connectivity index (χ2v) is 4.94. The summed E-state index contributed by atoms with van der Waals surface area (Å²) in [5, 5.41) is 6.31. The van der Waals surface area contributed by atoms with Crippen LogP contribution in [-0.4, -0.2) is 35.6 Å². The standard InChI is InChI=1S/C12H22N4S/c1-10-9-15-12(13-2)16-11(10)14-7-5-4-6-8-17-3/h9H,4-8H2,1-3H3,(H2,13,14,15,16). The Kier molecular flexibility index (Phi) is 6.77. The van der Waals surface area contributed by atoms with E-state index < -0.39 is 0 Å². The predicted octanol–water partition coefficient (Wildman–Crippen LogP) is 2.77. The van der Waals surface area contributed by atoms with E-state index in [9.17, 15) is 0 Å². The minimum absolute atomic E-state index is 0.667. The SMILES string of the molecule is CNc1ncc(C)c(NCCCCCSC)n1. The summed E-state index contributed by atoms with van der Waals surface area (Å²) in [5.74, 6) is 2.87. The van der Waals surface area contributed by atoms with Crippen molar-refractivity contribution in [2.24, 2.45) is 0 Å². The third-order valence-electron chi connectivity index (χ3n) is 2.51. The van der Waals surface area contributed by atoms with Gasteiger partial charge in [0.05, 0.1) is 0 Å². The highest BCUT2D eigenvalue weighted by atomic mass is 32.2. The first kappa shape index (κ1) is 14.1. The molecule has 1 aromatic heterocycles. The molecule has 0 aliphatic carbocycles. The van der Waals surface area contributed by atoms with Gasteiger partial charge in [-0.15, -0.1) is 0 Å². The quantitative estimate of drug-likeness (QED) is 0.699. The van der Waals surface area contributed by atoms with Crippen molar-refractivity contribution in [2.45, 2.75) is 26.2 Å². The molecular formula is C12H22N4S. The molecule has 0 saturated carbocycles. The van der Waals surface area contributed by atoms with Gasteiger partial charge in [-0.1, -0.05) is 6.42 Å². The van der Waals surface area contributed by atoms with E-state index >= 15 is 0 Å². The molecule has 0 amide bonds. The maximum atomic E-state index is 4.39. The minimum atomic E-state index is 0.667. The summed E-state index contributed by atoms with van der Waals surface area (Å²) in [6.07, 6.45) is 7.76. The van der Waals surface area contributed by atoms with Crippen LogP contribution < -0.4 is 10.6 Å². The van der Waals surface area contributed by atoms with E-state index in [-0.39, 0.29) is 0 Å². The van der Waals surface area contributed by atoms with Crippen LogP contribution in [0.2, 0.25) is 0 Å². The van der Waals surface area contributed by atoms with Gasteiger partial charge < -0.3 is 10.6 Å². The number of hydrogen-bond donors (Lipinski definition) is 2. The molecule has 5 heteroatoms. The van der Waals surface area contributed by atoms with Crippen molar-refractivity contribution in [3.05, 3.63) is 11.8 Å². The molecule has 4 nitrogen and oxygen atoms in total. The maximum Gasteiger partial charge on any atom is 0.224 e. The van der Waals surface area contributed by atoms with Gasteiger partial charge in [-0.25, -0.2) is 4.98 Å². The average molecular weight is 254 g/mol. The molecule has 0 fully saturated rings. The molecule has 0 aliphatic heterocycles. The van der Waals surface area contributed by atoms with Gasteiger partial charge in [0.1, 0.15) is 5.82 Å².